The van der Waals surface area contributed by atoms with E-state index in [1.165, 1.54) is 17.4 Å². The minimum atomic E-state index is -0.649. The molecule has 0 amide bonds. The van der Waals surface area contributed by atoms with Crippen LogP contribution >= 0.6 is 22.7 Å². The molecule has 1 unspecified atom stereocenters. The van der Waals surface area contributed by atoms with Crippen LogP contribution in [0, 0.1) is 0 Å². The van der Waals surface area contributed by atoms with Gasteiger partial charge in [0.1, 0.15) is 12.4 Å². The predicted octanol–water partition coefficient (Wildman–Crippen LogP) is 4.20. The zero-order chi connectivity index (χ0) is 24.1. The van der Waals surface area contributed by atoms with Crippen molar-refractivity contribution < 1.29 is 14.3 Å². The molecule has 1 atom stereocenters. The quantitative estimate of drug-likeness (QED) is 0.254. The number of carbonyl (C=O) groups is 1. The van der Waals surface area contributed by atoms with Crippen molar-refractivity contribution in [3.05, 3.63) is 95.8 Å². The van der Waals surface area contributed by atoms with E-state index < -0.39 is 12.0 Å². The number of benzene rings is 1. The van der Waals surface area contributed by atoms with E-state index in [9.17, 15) is 9.59 Å². The summed E-state index contributed by atoms with van der Waals surface area (Å²) in [5.74, 6) is 0.237. The highest BCUT2D eigenvalue weighted by molar-refractivity contribution is 7.11. The Morgan fingerprint density at radius 1 is 1.26 bits per heavy atom. The maximum absolute atomic E-state index is 13.5. The minimum absolute atomic E-state index is 0.0787. The third-order valence-corrected chi connectivity index (χ3v) is 7.16. The first kappa shape index (κ1) is 23.9. The van der Waals surface area contributed by atoms with Gasteiger partial charge in [-0.1, -0.05) is 55.5 Å². The van der Waals surface area contributed by atoms with Gasteiger partial charge in [0.05, 0.1) is 28.5 Å². The number of fused-ring (bicyclic) bond motifs is 1. The van der Waals surface area contributed by atoms with Crippen LogP contribution in [0.2, 0.25) is 0 Å². The van der Waals surface area contributed by atoms with Crippen molar-refractivity contribution in [1.82, 2.24) is 4.57 Å². The highest BCUT2D eigenvalue weighted by Crippen LogP contribution is 2.31. The lowest BCUT2D eigenvalue weighted by Crippen LogP contribution is -2.39. The molecule has 2 aromatic heterocycles. The van der Waals surface area contributed by atoms with Gasteiger partial charge < -0.3 is 9.47 Å². The van der Waals surface area contributed by atoms with Gasteiger partial charge in [-0.3, -0.25) is 9.36 Å². The van der Waals surface area contributed by atoms with E-state index >= 15 is 0 Å². The number of thiophene rings is 1. The first-order chi connectivity index (χ1) is 16.5. The number of hydrogen-bond donors (Lipinski definition) is 0. The summed E-state index contributed by atoms with van der Waals surface area (Å²) in [7, 11) is 0. The summed E-state index contributed by atoms with van der Waals surface area (Å²) in [5.41, 5.74) is 1.47. The van der Waals surface area contributed by atoms with E-state index in [1.54, 1.807) is 22.8 Å². The molecule has 0 spiro atoms. The zero-order valence-electron chi connectivity index (χ0n) is 19.2. The zero-order valence-corrected chi connectivity index (χ0v) is 20.8. The highest BCUT2D eigenvalue weighted by Gasteiger charge is 2.33. The summed E-state index contributed by atoms with van der Waals surface area (Å²) in [4.78, 5) is 32.7. The van der Waals surface area contributed by atoms with Crippen LogP contribution in [0.1, 0.15) is 43.2 Å². The fourth-order valence-electron chi connectivity index (χ4n) is 3.69. The third kappa shape index (κ3) is 4.98. The van der Waals surface area contributed by atoms with Crippen molar-refractivity contribution in [3.63, 3.8) is 0 Å². The first-order valence-corrected chi connectivity index (χ1v) is 12.8. The first-order valence-electron chi connectivity index (χ1n) is 11.1. The highest BCUT2D eigenvalue weighted by atomic mass is 32.1. The number of esters is 1. The molecular formula is C26H26N2O4S2. The maximum atomic E-state index is 13.5. The van der Waals surface area contributed by atoms with E-state index in [1.807, 2.05) is 47.9 Å². The van der Waals surface area contributed by atoms with E-state index in [2.05, 4.69) is 18.5 Å². The summed E-state index contributed by atoms with van der Waals surface area (Å²) < 4.78 is 13.3. The Labute approximate surface area is 205 Å². The lowest BCUT2D eigenvalue weighted by molar-refractivity contribution is -0.138. The van der Waals surface area contributed by atoms with Crippen LogP contribution in [-0.2, 0) is 9.53 Å². The molecule has 0 saturated heterocycles. The molecule has 3 heterocycles. The molecular weight excluding hydrogens is 468 g/mol. The minimum Gasteiger partial charge on any atom is -0.494 e. The standard InChI is InChI=1S/C26H26N2O4S2/c1-4-6-14-31-19-11-9-18(10-12-19)23-22(25(30)32-13-5-2)17(3)27-26-28(23)24(29)21(34-26)16-20-8-7-15-33-20/h5,7-12,15-16,23H,2,4,6,13-14H2,1,3H3. The van der Waals surface area contributed by atoms with Gasteiger partial charge in [0, 0.05) is 4.88 Å². The molecule has 176 valence electrons. The average Bonchev–Trinajstić information content (AvgIpc) is 3.45. The molecule has 34 heavy (non-hydrogen) atoms. The number of rotatable bonds is 9. The molecule has 8 heteroatoms. The molecule has 1 aromatic carbocycles. The molecule has 6 nitrogen and oxygen atoms in total. The largest absolute Gasteiger partial charge is 0.494 e. The van der Waals surface area contributed by atoms with Gasteiger partial charge in [-0.2, -0.15) is 0 Å². The fourth-order valence-corrected chi connectivity index (χ4v) is 5.46. The van der Waals surface area contributed by atoms with Crippen molar-refractivity contribution in [3.8, 4) is 5.75 Å². The third-order valence-electron chi connectivity index (χ3n) is 5.35. The Morgan fingerprint density at radius 2 is 2.06 bits per heavy atom. The Kier molecular flexibility index (Phi) is 7.59. The Hall–Kier alpha value is -3.23. The van der Waals surface area contributed by atoms with Crippen LogP contribution in [0.3, 0.4) is 0 Å². The maximum Gasteiger partial charge on any atom is 0.338 e. The average molecular weight is 495 g/mol. The Bertz CT molecular complexity index is 1380. The number of aromatic nitrogens is 1. The van der Waals surface area contributed by atoms with Crippen molar-refractivity contribution in [2.24, 2.45) is 4.99 Å². The number of thiazole rings is 1. The van der Waals surface area contributed by atoms with Crippen molar-refractivity contribution in [2.45, 2.75) is 32.7 Å². The normalized spacial score (nSPS) is 15.6. The Balaban J connectivity index is 1.82. The van der Waals surface area contributed by atoms with Gasteiger partial charge in [-0.25, -0.2) is 9.79 Å². The van der Waals surface area contributed by atoms with Crippen molar-refractivity contribution >= 4 is 34.7 Å². The van der Waals surface area contributed by atoms with E-state index in [-0.39, 0.29) is 12.2 Å². The second-order valence-corrected chi connectivity index (χ2v) is 9.74. The molecule has 0 radical (unpaired) electrons. The molecule has 0 N–H and O–H groups in total. The van der Waals surface area contributed by atoms with Crippen molar-refractivity contribution in [1.29, 1.82) is 0 Å². The summed E-state index contributed by atoms with van der Waals surface area (Å²) in [6.07, 6.45) is 5.41. The molecule has 4 rings (SSSR count). The van der Waals surface area contributed by atoms with E-state index in [0.29, 0.717) is 27.2 Å². The molecule has 3 aromatic rings. The summed E-state index contributed by atoms with van der Waals surface area (Å²) >= 11 is 2.88. The van der Waals surface area contributed by atoms with Crippen LogP contribution in [0.4, 0.5) is 0 Å². The molecule has 1 aliphatic heterocycles. The second-order valence-electron chi connectivity index (χ2n) is 7.76. The monoisotopic (exact) mass is 494 g/mol. The number of allylic oxidation sites excluding steroid dienone is 1. The number of carbonyl (C=O) groups excluding carboxylic acids is 1. The number of ether oxygens (including phenoxy) is 2. The molecule has 0 bridgehead atoms. The fraction of sp³-hybridized carbons (Fsp3) is 0.269. The van der Waals surface area contributed by atoms with Gasteiger partial charge in [0.25, 0.3) is 5.56 Å². The predicted molar refractivity (Wildman–Crippen MR) is 136 cm³/mol. The van der Waals surface area contributed by atoms with Crippen LogP contribution < -0.4 is 19.6 Å². The SMILES string of the molecule is C=CCOC(=O)C1=C(C)N=c2sc(=Cc3cccs3)c(=O)n2C1c1ccc(OCCCC)cc1. The van der Waals surface area contributed by atoms with Gasteiger partial charge in [-0.05, 0) is 48.6 Å². The Morgan fingerprint density at radius 3 is 2.74 bits per heavy atom. The van der Waals surface area contributed by atoms with Gasteiger partial charge in [0.15, 0.2) is 4.80 Å². The van der Waals surface area contributed by atoms with Crippen LogP contribution in [-0.4, -0.2) is 23.8 Å². The van der Waals surface area contributed by atoms with Crippen LogP contribution in [0.5, 0.6) is 5.75 Å². The molecule has 0 aliphatic carbocycles. The molecule has 0 fully saturated rings. The van der Waals surface area contributed by atoms with Crippen LogP contribution in [0.15, 0.2) is 75.5 Å². The number of nitrogens with zero attached hydrogens (tertiary/aromatic N) is 2. The molecule has 0 saturated carbocycles. The second kappa shape index (κ2) is 10.8. The lowest BCUT2D eigenvalue weighted by atomic mass is 9.96. The summed E-state index contributed by atoms with van der Waals surface area (Å²) in [6.45, 7) is 8.23. The summed E-state index contributed by atoms with van der Waals surface area (Å²) in [6, 6.07) is 10.8. The molecule has 1 aliphatic rings. The van der Waals surface area contributed by atoms with Gasteiger partial charge >= 0.3 is 5.97 Å². The van der Waals surface area contributed by atoms with Crippen molar-refractivity contribution in [2.75, 3.05) is 13.2 Å². The smallest absolute Gasteiger partial charge is 0.338 e. The van der Waals surface area contributed by atoms with Gasteiger partial charge in [0.2, 0.25) is 0 Å². The number of unbranched alkanes of at least 4 members (excludes halogenated alkanes) is 1. The van der Waals surface area contributed by atoms with E-state index in [4.69, 9.17) is 9.47 Å². The topological polar surface area (TPSA) is 69.9 Å². The number of hydrogen-bond acceptors (Lipinski definition) is 7. The lowest BCUT2D eigenvalue weighted by Gasteiger charge is -2.24. The summed E-state index contributed by atoms with van der Waals surface area (Å²) in [5, 5.41) is 1.97. The van der Waals surface area contributed by atoms with Crippen LogP contribution in [0.25, 0.3) is 6.08 Å². The van der Waals surface area contributed by atoms with Gasteiger partial charge in [-0.15, -0.1) is 11.3 Å². The van der Waals surface area contributed by atoms with E-state index in [0.717, 1.165) is 29.0 Å².